The fourth-order valence-electron chi connectivity index (χ4n) is 5.15. The van der Waals surface area contributed by atoms with Crippen LogP contribution in [0.2, 0.25) is 0 Å². The second-order valence-corrected chi connectivity index (χ2v) is 9.66. The van der Waals surface area contributed by atoms with Crippen LogP contribution in [0.5, 0.6) is 0 Å². The molecule has 218 valence electrons. The fraction of sp³-hybridized carbons (Fsp3) is 0.379. The average molecular weight is 572 g/mol. The number of hydrogen-bond donors (Lipinski definition) is 2. The lowest BCUT2D eigenvalue weighted by Crippen LogP contribution is -2.35. The van der Waals surface area contributed by atoms with Crippen LogP contribution < -0.4 is 10.9 Å². The van der Waals surface area contributed by atoms with Crippen LogP contribution in [0.15, 0.2) is 59.5 Å². The molecule has 2 N–H and O–H groups in total. The summed E-state index contributed by atoms with van der Waals surface area (Å²) >= 11 is 0. The number of alkyl halides is 3. The lowest BCUT2D eigenvalue weighted by molar-refractivity contribution is -0.192. The van der Waals surface area contributed by atoms with Crippen molar-refractivity contribution < 1.29 is 27.9 Å². The summed E-state index contributed by atoms with van der Waals surface area (Å²) in [5, 5.41) is 11.5. The summed E-state index contributed by atoms with van der Waals surface area (Å²) in [5.41, 5.74) is 3.78. The summed E-state index contributed by atoms with van der Waals surface area (Å²) in [6.45, 7) is 7.36. The first-order chi connectivity index (χ1) is 19.6. The molecule has 0 spiro atoms. The summed E-state index contributed by atoms with van der Waals surface area (Å²) in [5.74, 6) is -2.69. The van der Waals surface area contributed by atoms with Gasteiger partial charge >= 0.3 is 12.1 Å². The minimum atomic E-state index is -5.08. The second kappa shape index (κ2) is 12.5. The predicted octanol–water partition coefficient (Wildman–Crippen LogP) is 4.44. The van der Waals surface area contributed by atoms with Gasteiger partial charge in [-0.15, -0.1) is 0 Å². The van der Waals surface area contributed by atoms with E-state index in [1.54, 1.807) is 0 Å². The summed E-state index contributed by atoms with van der Waals surface area (Å²) < 4.78 is 35.6. The maximum Gasteiger partial charge on any atom is 0.490 e. The predicted molar refractivity (Wildman–Crippen MR) is 150 cm³/mol. The Hall–Kier alpha value is -4.19. The molecule has 0 atom stereocenters. The number of aliphatic carboxylic acids is 1. The van der Waals surface area contributed by atoms with Gasteiger partial charge in [0, 0.05) is 41.8 Å². The summed E-state index contributed by atoms with van der Waals surface area (Å²) in [6.07, 6.45) is -1.34. The number of hydrogen-bond acceptors (Lipinski definition) is 5. The van der Waals surface area contributed by atoms with Gasteiger partial charge in [-0.05, 0) is 58.0 Å². The van der Waals surface area contributed by atoms with Gasteiger partial charge in [0.05, 0.1) is 11.0 Å². The Morgan fingerprint density at radius 2 is 1.61 bits per heavy atom. The lowest BCUT2D eigenvalue weighted by atomic mass is 10.0. The molecule has 0 radical (unpaired) electrons. The number of benzene rings is 2. The number of likely N-dealkylation sites (N-methyl/N-ethyl adjacent to an activating group) is 1. The Balaban J connectivity index is 0.000000493. The Kier molecular flexibility index (Phi) is 9.11. The molecule has 1 aliphatic heterocycles. The summed E-state index contributed by atoms with van der Waals surface area (Å²) in [6, 6.07) is 16.0. The number of nitrogens with one attached hydrogen (secondary N) is 1. The molecule has 1 amide bonds. The average Bonchev–Trinajstić information content (AvgIpc) is 3.31. The fourth-order valence-corrected chi connectivity index (χ4v) is 5.15. The largest absolute Gasteiger partial charge is 0.490 e. The number of rotatable bonds is 6. The van der Waals surface area contributed by atoms with Crippen LogP contribution in [0, 0.1) is 0 Å². The topological polar surface area (TPSA) is 109 Å². The number of carbonyl (C=O) groups is 2. The maximum absolute atomic E-state index is 14.0. The third-order valence-corrected chi connectivity index (χ3v) is 7.18. The Morgan fingerprint density at radius 1 is 1.02 bits per heavy atom. The highest BCUT2D eigenvalue weighted by atomic mass is 19.4. The number of carbonyl (C=O) groups excluding carboxylic acids is 1. The van der Waals surface area contributed by atoms with Crippen molar-refractivity contribution in [2.24, 2.45) is 0 Å². The van der Waals surface area contributed by atoms with Crippen molar-refractivity contribution in [3.8, 4) is 11.3 Å². The van der Waals surface area contributed by atoms with Crippen LogP contribution in [0.25, 0.3) is 33.2 Å². The Labute approximate surface area is 234 Å². The molecule has 0 aliphatic carbocycles. The third-order valence-electron chi connectivity index (χ3n) is 7.18. The van der Waals surface area contributed by atoms with Gasteiger partial charge < -0.3 is 24.5 Å². The highest BCUT2D eigenvalue weighted by Gasteiger charge is 2.38. The molecule has 0 unspecified atom stereocenters. The van der Waals surface area contributed by atoms with Crippen LogP contribution in [0.3, 0.4) is 0 Å². The molecule has 1 fully saturated rings. The molecule has 1 aliphatic rings. The molecular formula is C29H32F3N5O4. The van der Waals surface area contributed by atoms with E-state index >= 15 is 0 Å². The second-order valence-electron chi connectivity index (χ2n) is 9.66. The summed E-state index contributed by atoms with van der Waals surface area (Å²) in [7, 11) is 0. The van der Waals surface area contributed by atoms with E-state index in [4.69, 9.17) is 14.9 Å². The molecular weight excluding hydrogens is 539 g/mol. The van der Waals surface area contributed by atoms with Crippen molar-refractivity contribution >= 4 is 33.8 Å². The number of nitrogens with zero attached hydrogens (tertiary/aromatic N) is 4. The van der Waals surface area contributed by atoms with Gasteiger partial charge in [0.2, 0.25) is 5.91 Å². The van der Waals surface area contributed by atoms with E-state index in [1.807, 2.05) is 82.6 Å². The van der Waals surface area contributed by atoms with E-state index in [-0.39, 0.29) is 24.1 Å². The number of carboxylic acid groups (broad SMARTS) is 1. The van der Waals surface area contributed by atoms with Crippen molar-refractivity contribution in [1.29, 1.82) is 0 Å². The molecule has 4 aromatic rings. The van der Waals surface area contributed by atoms with E-state index < -0.39 is 12.1 Å². The Bertz CT molecular complexity index is 1600. The van der Waals surface area contributed by atoms with Crippen LogP contribution in [0.4, 0.5) is 13.2 Å². The highest BCUT2D eigenvalue weighted by Crippen LogP contribution is 2.30. The molecule has 2 aromatic heterocycles. The molecule has 3 heterocycles. The third kappa shape index (κ3) is 6.43. The minimum absolute atomic E-state index is 0.0656. The van der Waals surface area contributed by atoms with Crippen LogP contribution in [-0.2, 0) is 16.1 Å². The normalized spacial score (nSPS) is 14.1. The zero-order chi connectivity index (χ0) is 29.7. The zero-order valence-electron chi connectivity index (χ0n) is 22.8. The SMILES string of the molecule is CCN(CC)C(=O)Cn1cc(-c2nc3ccccc3n(C3CCNCC3)c2=O)c2ccccc21.O=C(O)C(F)(F)F. The van der Waals surface area contributed by atoms with Gasteiger partial charge in [0.15, 0.2) is 0 Å². The first-order valence-electron chi connectivity index (χ1n) is 13.4. The zero-order valence-corrected chi connectivity index (χ0v) is 22.8. The van der Waals surface area contributed by atoms with Gasteiger partial charge in [0.25, 0.3) is 5.56 Å². The number of aromatic nitrogens is 3. The Morgan fingerprint density at radius 3 is 2.22 bits per heavy atom. The van der Waals surface area contributed by atoms with E-state index in [1.165, 1.54) is 0 Å². The molecule has 5 rings (SSSR count). The quantitative estimate of drug-likeness (QED) is 0.354. The number of piperidine rings is 1. The van der Waals surface area contributed by atoms with Crippen molar-refractivity contribution in [3.05, 3.63) is 65.1 Å². The first kappa shape index (κ1) is 29.8. The minimum Gasteiger partial charge on any atom is -0.475 e. The van der Waals surface area contributed by atoms with Gasteiger partial charge in [-0.25, -0.2) is 9.78 Å². The van der Waals surface area contributed by atoms with Crippen LogP contribution >= 0.6 is 0 Å². The van der Waals surface area contributed by atoms with E-state index in [0.717, 1.165) is 53.4 Å². The van der Waals surface area contributed by atoms with E-state index in [2.05, 4.69) is 5.32 Å². The van der Waals surface area contributed by atoms with E-state index in [9.17, 15) is 22.8 Å². The van der Waals surface area contributed by atoms with Gasteiger partial charge in [-0.2, -0.15) is 13.2 Å². The van der Waals surface area contributed by atoms with Gasteiger partial charge in [-0.1, -0.05) is 30.3 Å². The highest BCUT2D eigenvalue weighted by molar-refractivity contribution is 5.96. The van der Waals surface area contributed by atoms with Crippen molar-refractivity contribution in [2.45, 2.75) is 45.5 Å². The lowest BCUT2D eigenvalue weighted by Gasteiger charge is -2.26. The van der Waals surface area contributed by atoms with Crippen molar-refractivity contribution in [2.75, 3.05) is 26.2 Å². The maximum atomic E-state index is 14.0. The van der Waals surface area contributed by atoms with Crippen LogP contribution in [0.1, 0.15) is 32.7 Å². The summed E-state index contributed by atoms with van der Waals surface area (Å²) in [4.78, 5) is 42.4. The monoisotopic (exact) mass is 571 g/mol. The number of para-hydroxylation sites is 3. The molecule has 2 aromatic carbocycles. The number of carboxylic acids is 1. The van der Waals surface area contributed by atoms with Crippen LogP contribution in [-0.4, -0.2) is 68.4 Å². The number of amides is 1. The molecule has 0 saturated carbocycles. The number of fused-ring (bicyclic) bond motifs is 2. The van der Waals surface area contributed by atoms with Crippen molar-refractivity contribution in [1.82, 2.24) is 24.3 Å². The van der Waals surface area contributed by atoms with Gasteiger partial charge in [-0.3, -0.25) is 9.59 Å². The first-order valence-corrected chi connectivity index (χ1v) is 13.4. The van der Waals surface area contributed by atoms with E-state index in [0.29, 0.717) is 18.8 Å². The molecule has 12 heteroatoms. The molecule has 1 saturated heterocycles. The molecule has 0 bridgehead atoms. The molecule has 9 nitrogen and oxygen atoms in total. The van der Waals surface area contributed by atoms with Crippen molar-refractivity contribution in [3.63, 3.8) is 0 Å². The molecule has 41 heavy (non-hydrogen) atoms. The van der Waals surface area contributed by atoms with Gasteiger partial charge in [0.1, 0.15) is 12.2 Å². The standard InChI is InChI=1S/C27H31N5O2.C2HF3O2/c1-3-30(4-2)25(33)18-31-17-21(20-9-5-7-11-23(20)31)26-27(34)32(19-13-15-28-16-14-19)24-12-8-6-10-22(24)29-26;3-2(4,5)1(6)7/h5-12,17,19,28H,3-4,13-16,18H2,1-2H3;(H,6,7). The smallest absolute Gasteiger partial charge is 0.475 e. The number of halogens is 3.